The molecule has 23 heavy (non-hydrogen) atoms. The molecule has 1 saturated heterocycles. The molecular formula is C17H19ClFNO3. The Bertz CT molecular complexity index is 635. The van der Waals surface area contributed by atoms with Crippen molar-refractivity contribution < 1.29 is 18.7 Å². The summed E-state index contributed by atoms with van der Waals surface area (Å²) < 4.78 is 24.4. The van der Waals surface area contributed by atoms with Crippen LogP contribution in [0.15, 0.2) is 41.0 Å². The zero-order valence-corrected chi connectivity index (χ0v) is 13.4. The number of morpholine rings is 1. The lowest BCUT2D eigenvalue weighted by Crippen LogP contribution is -2.45. The van der Waals surface area contributed by atoms with E-state index >= 15 is 0 Å². The number of aliphatic hydroxyl groups excluding tert-OH is 1. The zero-order valence-electron chi connectivity index (χ0n) is 12.6. The van der Waals surface area contributed by atoms with Crippen LogP contribution in [0.4, 0.5) is 4.39 Å². The number of ether oxygens (including phenoxy) is 1. The number of hydrogen-bond acceptors (Lipinski definition) is 4. The predicted octanol–water partition coefficient (Wildman–Crippen LogP) is 3.40. The molecule has 2 unspecified atom stereocenters. The molecule has 1 aromatic carbocycles. The lowest BCUT2D eigenvalue weighted by atomic mass is 10.0. The van der Waals surface area contributed by atoms with Gasteiger partial charge >= 0.3 is 0 Å². The number of nitrogens with zero attached hydrogens (tertiary/aromatic N) is 1. The summed E-state index contributed by atoms with van der Waals surface area (Å²) in [5, 5.41) is 10.4. The van der Waals surface area contributed by atoms with Crippen molar-refractivity contribution in [2.45, 2.75) is 25.1 Å². The van der Waals surface area contributed by atoms with Crippen LogP contribution >= 0.6 is 11.6 Å². The molecule has 6 heteroatoms. The van der Waals surface area contributed by atoms with E-state index in [2.05, 4.69) is 4.90 Å². The lowest BCUT2D eigenvalue weighted by Gasteiger charge is -2.36. The minimum Gasteiger partial charge on any atom is -0.467 e. The van der Waals surface area contributed by atoms with Gasteiger partial charge < -0.3 is 14.3 Å². The maximum Gasteiger partial charge on any atom is 0.142 e. The molecule has 0 spiro atoms. The summed E-state index contributed by atoms with van der Waals surface area (Å²) >= 11 is 6.05. The number of hydrogen-bond donors (Lipinski definition) is 1. The molecule has 124 valence electrons. The highest BCUT2D eigenvalue weighted by atomic mass is 35.5. The number of rotatable bonds is 5. The lowest BCUT2D eigenvalue weighted by molar-refractivity contribution is -0.0323. The van der Waals surface area contributed by atoms with Crippen LogP contribution in [0, 0.1) is 5.82 Å². The second-order valence-electron chi connectivity index (χ2n) is 5.68. The molecule has 0 amide bonds. The van der Waals surface area contributed by atoms with Gasteiger partial charge in [0.15, 0.2) is 0 Å². The Morgan fingerprint density at radius 3 is 3.00 bits per heavy atom. The van der Waals surface area contributed by atoms with Gasteiger partial charge in [0.05, 0.1) is 24.5 Å². The van der Waals surface area contributed by atoms with Gasteiger partial charge in [-0.2, -0.15) is 0 Å². The van der Waals surface area contributed by atoms with E-state index in [1.807, 2.05) is 6.07 Å². The minimum atomic E-state index is -0.692. The van der Waals surface area contributed by atoms with Crippen molar-refractivity contribution in [3.05, 3.63) is 58.8 Å². The largest absolute Gasteiger partial charge is 0.467 e. The molecule has 0 bridgehead atoms. The average Bonchev–Trinajstić information content (AvgIpc) is 3.08. The molecule has 1 N–H and O–H groups in total. The molecule has 4 nitrogen and oxygen atoms in total. The molecule has 0 aliphatic carbocycles. The topological polar surface area (TPSA) is 45.8 Å². The first-order chi connectivity index (χ1) is 11.1. The molecule has 2 atom stereocenters. The van der Waals surface area contributed by atoms with Gasteiger partial charge in [-0.1, -0.05) is 23.7 Å². The van der Waals surface area contributed by atoms with Crippen molar-refractivity contribution in [2.75, 3.05) is 19.8 Å². The number of benzene rings is 1. The SMILES string of the molecule is OC(CC1COCCN1Cc1cccc(F)c1Cl)c1ccco1. The summed E-state index contributed by atoms with van der Waals surface area (Å²) in [4.78, 5) is 2.16. The molecule has 1 aliphatic heterocycles. The van der Waals surface area contributed by atoms with Crippen molar-refractivity contribution in [2.24, 2.45) is 0 Å². The summed E-state index contributed by atoms with van der Waals surface area (Å²) in [6.07, 6.45) is 1.34. The fraction of sp³-hybridized carbons (Fsp3) is 0.412. The summed E-state index contributed by atoms with van der Waals surface area (Å²) in [6, 6.07) is 8.35. The molecule has 2 aromatic rings. The molecule has 0 radical (unpaired) electrons. The first-order valence-corrected chi connectivity index (χ1v) is 7.99. The van der Waals surface area contributed by atoms with Gasteiger partial charge in [-0.05, 0) is 30.2 Å². The number of halogens is 2. The van der Waals surface area contributed by atoms with Crippen LogP contribution < -0.4 is 0 Å². The van der Waals surface area contributed by atoms with Gasteiger partial charge in [-0.3, -0.25) is 4.90 Å². The minimum absolute atomic E-state index is 0.0168. The van der Waals surface area contributed by atoms with Crippen LogP contribution in [-0.2, 0) is 11.3 Å². The Hall–Kier alpha value is -1.40. The van der Waals surface area contributed by atoms with Gasteiger partial charge in [-0.25, -0.2) is 4.39 Å². The van der Waals surface area contributed by atoms with Crippen LogP contribution in [0.3, 0.4) is 0 Å². The third-order valence-electron chi connectivity index (χ3n) is 4.12. The Morgan fingerprint density at radius 1 is 1.35 bits per heavy atom. The normalized spacial score (nSPS) is 20.6. The Balaban J connectivity index is 1.70. The van der Waals surface area contributed by atoms with E-state index < -0.39 is 11.9 Å². The maximum atomic E-state index is 13.6. The Morgan fingerprint density at radius 2 is 2.22 bits per heavy atom. The fourth-order valence-corrected chi connectivity index (χ4v) is 3.04. The van der Waals surface area contributed by atoms with E-state index in [1.165, 1.54) is 6.07 Å². The van der Waals surface area contributed by atoms with E-state index in [9.17, 15) is 9.50 Å². The second kappa shape index (κ2) is 7.45. The van der Waals surface area contributed by atoms with Crippen LogP contribution in [0.1, 0.15) is 23.8 Å². The summed E-state index contributed by atoms with van der Waals surface area (Å²) in [5.74, 6) is 0.129. The number of furan rings is 1. The zero-order chi connectivity index (χ0) is 16.2. The van der Waals surface area contributed by atoms with E-state index in [1.54, 1.807) is 24.5 Å². The molecule has 0 saturated carbocycles. The summed E-state index contributed by atoms with van der Waals surface area (Å²) in [6.45, 7) is 2.36. The third-order valence-corrected chi connectivity index (χ3v) is 4.54. The van der Waals surface area contributed by atoms with E-state index in [0.717, 1.165) is 5.56 Å². The quantitative estimate of drug-likeness (QED) is 0.907. The molecule has 1 aromatic heterocycles. The molecule has 1 aliphatic rings. The Kier molecular flexibility index (Phi) is 5.33. The second-order valence-corrected chi connectivity index (χ2v) is 6.06. The van der Waals surface area contributed by atoms with Crippen molar-refractivity contribution in [1.29, 1.82) is 0 Å². The number of aliphatic hydroxyl groups is 1. The van der Waals surface area contributed by atoms with Gasteiger partial charge in [-0.15, -0.1) is 0 Å². The van der Waals surface area contributed by atoms with Crippen LogP contribution in [0.25, 0.3) is 0 Å². The first kappa shape index (κ1) is 16.5. The van der Waals surface area contributed by atoms with Gasteiger partial charge in [0, 0.05) is 19.1 Å². The van der Waals surface area contributed by atoms with Gasteiger partial charge in [0.1, 0.15) is 17.7 Å². The average molecular weight is 340 g/mol. The highest BCUT2D eigenvalue weighted by molar-refractivity contribution is 6.31. The van der Waals surface area contributed by atoms with Crippen molar-refractivity contribution in [1.82, 2.24) is 4.90 Å². The van der Waals surface area contributed by atoms with Crippen molar-refractivity contribution in [3.63, 3.8) is 0 Å². The molecular weight excluding hydrogens is 321 g/mol. The van der Waals surface area contributed by atoms with Crippen LogP contribution in [0.5, 0.6) is 0 Å². The van der Waals surface area contributed by atoms with Gasteiger partial charge in [0.25, 0.3) is 0 Å². The fourth-order valence-electron chi connectivity index (χ4n) is 2.86. The molecule has 2 heterocycles. The maximum absolute atomic E-state index is 13.6. The van der Waals surface area contributed by atoms with Crippen molar-refractivity contribution >= 4 is 11.6 Å². The standard InChI is InChI=1S/C17H19ClFNO3/c18-17-12(3-1-4-14(17)19)10-20-6-8-22-11-13(20)9-15(21)16-5-2-7-23-16/h1-5,7,13,15,21H,6,8-11H2. The predicted molar refractivity (Wildman–Crippen MR) is 84.7 cm³/mol. The third kappa shape index (κ3) is 3.93. The van der Waals surface area contributed by atoms with Crippen molar-refractivity contribution in [3.8, 4) is 0 Å². The van der Waals surface area contributed by atoms with E-state index in [0.29, 0.717) is 38.5 Å². The smallest absolute Gasteiger partial charge is 0.142 e. The molecule has 3 rings (SSSR count). The highest BCUT2D eigenvalue weighted by Crippen LogP contribution is 2.26. The van der Waals surface area contributed by atoms with Gasteiger partial charge in [0.2, 0.25) is 0 Å². The first-order valence-electron chi connectivity index (χ1n) is 7.61. The Labute approximate surface area is 139 Å². The summed E-state index contributed by atoms with van der Waals surface area (Å²) in [5.41, 5.74) is 0.742. The highest BCUT2D eigenvalue weighted by Gasteiger charge is 2.27. The van der Waals surface area contributed by atoms with Crippen LogP contribution in [0.2, 0.25) is 5.02 Å². The summed E-state index contributed by atoms with van der Waals surface area (Å²) in [7, 11) is 0. The van der Waals surface area contributed by atoms with Crippen LogP contribution in [-0.4, -0.2) is 35.8 Å². The van der Waals surface area contributed by atoms with E-state index in [-0.39, 0.29) is 11.1 Å². The molecule has 1 fully saturated rings. The monoisotopic (exact) mass is 339 g/mol. The van der Waals surface area contributed by atoms with E-state index in [4.69, 9.17) is 20.8 Å².